The predicted molar refractivity (Wildman–Crippen MR) is 200 cm³/mol. The first-order chi connectivity index (χ1) is 21.3. The summed E-state index contributed by atoms with van der Waals surface area (Å²) in [6.45, 7) is 23.2. The van der Waals surface area contributed by atoms with E-state index in [1.807, 2.05) is 13.8 Å². The first-order valence-corrected chi connectivity index (χ1v) is 19.8. The van der Waals surface area contributed by atoms with E-state index in [-0.39, 0.29) is 0 Å². The number of aromatic hydroxyl groups is 2. The van der Waals surface area contributed by atoms with Gasteiger partial charge in [-0.05, 0) is 90.9 Å². The molecule has 0 radical (unpaired) electrons. The molecule has 45 heavy (non-hydrogen) atoms. The summed E-state index contributed by atoms with van der Waals surface area (Å²) in [5.74, 6) is 6.60. The predicted octanol–water partition coefficient (Wildman–Crippen LogP) is 14.1. The van der Waals surface area contributed by atoms with E-state index < -0.39 is 0 Å². The van der Waals surface area contributed by atoms with E-state index in [9.17, 15) is 10.2 Å². The number of aryl methyl sites for hydroxylation is 1. The summed E-state index contributed by atoms with van der Waals surface area (Å²) in [4.78, 5) is 0. The Hall–Kier alpha value is -1.18. The Bertz CT molecular complexity index is 873. The average Bonchev–Trinajstić information content (AvgIpc) is 2.97. The van der Waals surface area contributed by atoms with Gasteiger partial charge in [0.25, 0.3) is 0 Å². The van der Waals surface area contributed by atoms with Crippen molar-refractivity contribution in [1.29, 1.82) is 0 Å². The molecule has 0 aromatic heterocycles. The number of phenolic OH excluding ortho intramolecular Hbond substituents is 2. The largest absolute Gasteiger partial charge is 0.508 e. The first-order valence-electron chi connectivity index (χ1n) is 19.8. The minimum absolute atomic E-state index is 0.305. The summed E-state index contributed by atoms with van der Waals surface area (Å²) in [5, 5.41) is 20.6. The molecule has 0 amide bonds. The molecule has 0 bridgehead atoms. The van der Waals surface area contributed by atoms with Gasteiger partial charge in [0.1, 0.15) is 11.5 Å². The molecule has 6 atom stereocenters. The SMILES string of the molecule is Cc1c(O)cc(CCC(C)CCCC(C)CCCC(C)CCCC(C)CCCC(C)CCCC(C)CCCC(C)C)c(O)c1C. The molecule has 0 aliphatic heterocycles. The summed E-state index contributed by atoms with van der Waals surface area (Å²) < 4.78 is 0. The molecule has 0 spiro atoms. The van der Waals surface area contributed by atoms with Crippen LogP contribution in [0.25, 0.3) is 0 Å². The first kappa shape index (κ1) is 41.8. The maximum atomic E-state index is 10.5. The van der Waals surface area contributed by atoms with E-state index >= 15 is 0 Å². The highest BCUT2D eigenvalue weighted by atomic mass is 16.3. The van der Waals surface area contributed by atoms with Gasteiger partial charge in [-0.15, -0.1) is 0 Å². The van der Waals surface area contributed by atoms with Crippen molar-refractivity contribution in [1.82, 2.24) is 0 Å². The Labute approximate surface area is 283 Å². The van der Waals surface area contributed by atoms with E-state index in [1.165, 1.54) is 116 Å². The van der Waals surface area contributed by atoms with Gasteiger partial charge < -0.3 is 10.2 Å². The third-order valence-electron chi connectivity index (χ3n) is 11.3. The van der Waals surface area contributed by atoms with E-state index in [0.717, 1.165) is 65.0 Å². The minimum Gasteiger partial charge on any atom is -0.508 e. The van der Waals surface area contributed by atoms with E-state index in [2.05, 4.69) is 55.4 Å². The quantitative estimate of drug-likeness (QED) is 0.0952. The van der Waals surface area contributed by atoms with Gasteiger partial charge in [0.05, 0.1) is 0 Å². The second-order valence-corrected chi connectivity index (χ2v) is 16.8. The highest BCUT2D eigenvalue weighted by molar-refractivity contribution is 5.51. The van der Waals surface area contributed by atoms with Crippen LogP contribution in [0, 0.1) is 55.3 Å². The Morgan fingerprint density at radius 2 is 0.711 bits per heavy atom. The van der Waals surface area contributed by atoms with Crippen LogP contribution in [0.1, 0.15) is 194 Å². The van der Waals surface area contributed by atoms with Crippen LogP contribution in [0.3, 0.4) is 0 Å². The van der Waals surface area contributed by atoms with Gasteiger partial charge in [0.15, 0.2) is 0 Å². The smallest absolute Gasteiger partial charge is 0.122 e. The monoisotopic (exact) mass is 629 g/mol. The molecule has 0 saturated heterocycles. The van der Waals surface area contributed by atoms with E-state index in [1.54, 1.807) is 6.07 Å². The Balaban J connectivity index is 2.04. The molecule has 1 aromatic rings. The van der Waals surface area contributed by atoms with E-state index in [0.29, 0.717) is 17.4 Å². The third-order valence-corrected chi connectivity index (χ3v) is 11.3. The van der Waals surface area contributed by atoms with Crippen molar-refractivity contribution in [2.75, 3.05) is 0 Å². The summed E-state index contributed by atoms with van der Waals surface area (Å²) in [5.41, 5.74) is 2.49. The van der Waals surface area contributed by atoms with Gasteiger partial charge in [-0.3, -0.25) is 0 Å². The maximum Gasteiger partial charge on any atom is 0.122 e. The Morgan fingerprint density at radius 3 is 1.02 bits per heavy atom. The zero-order valence-corrected chi connectivity index (χ0v) is 32.2. The van der Waals surface area contributed by atoms with Gasteiger partial charge in [0.2, 0.25) is 0 Å². The van der Waals surface area contributed by atoms with Crippen molar-refractivity contribution < 1.29 is 10.2 Å². The van der Waals surface area contributed by atoms with Gasteiger partial charge in [0, 0.05) is 0 Å². The fraction of sp³-hybridized carbons (Fsp3) is 0.860. The lowest BCUT2D eigenvalue weighted by molar-refractivity contribution is 0.356. The second kappa shape index (κ2) is 24.0. The molecular weight excluding hydrogens is 548 g/mol. The summed E-state index contributed by atoms with van der Waals surface area (Å²) in [7, 11) is 0. The normalized spacial score (nSPS) is 16.1. The molecule has 0 aliphatic rings. The molecular formula is C43H80O2. The van der Waals surface area contributed by atoms with Crippen LogP contribution in [0.2, 0.25) is 0 Å². The third kappa shape index (κ3) is 19.9. The lowest BCUT2D eigenvalue weighted by Crippen LogP contribution is -2.03. The summed E-state index contributed by atoms with van der Waals surface area (Å²) in [6.07, 6.45) is 27.1. The molecule has 1 rings (SSSR count). The number of phenols is 2. The highest BCUT2D eigenvalue weighted by Crippen LogP contribution is 2.33. The van der Waals surface area contributed by atoms with Gasteiger partial charge in [-0.2, -0.15) is 0 Å². The molecule has 0 heterocycles. The number of hydrogen-bond donors (Lipinski definition) is 2. The van der Waals surface area contributed by atoms with Gasteiger partial charge >= 0.3 is 0 Å². The zero-order chi connectivity index (χ0) is 33.8. The van der Waals surface area contributed by atoms with Crippen LogP contribution in [0.4, 0.5) is 0 Å². The molecule has 0 saturated carbocycles. The molecule has 1 aromatic carbocycles. The van der Waals surface area contributed by atoms with Gasteiger partial charge in [-0.1, -0.05) is 171 Å². The Morgan fingerprint density at radius 1 is 0.422 bits per heavy atom. The van der Waals surface area contributed by atoms with Crippen LogP contribution in [-0.2, 0) is 6.42 Å². The van der Waals surface area contributed by atoms with Crippen LogP contribution >= 0.6 is 0 Å². The van der Waals surface area contributed by atoms with Crippen molar-refractivity contribution in [3.8, 4) is 11.5 Å². The molecule has 0 fully saturated rings. The fourth-order valence-corrected chi connectivity index (χ4v) is 7.36. The van der Waals surface area contributed by atoms with E-state index in [4.69, 9.17) is 0 Å². The minimum atomic E-state index is 0.305. The zero-order valence-electron chi connectivity index (χ0n) is 32.2. The molecule has 2 nitrogen and oxygen atoms in total. The Kier molecular flexibility index (Phi) is 22.3. The van der Waals surface area contributed by atoms with Crippen molar-refractivity contribution in [2.24, 2.45) is 41.4 Å². The van der Waals surface area contributed by atoms with Crippen molar-refractivity contribution in [3.05, 3.63) is 22.8 Å². The average molecular weight is 629 g/mol. The standard InChI is InChI=1S/C43H80O2/c1-32(2)17-11-18-33(3)19-12-20-34(4)21-13-22-35(5)23-14-24-36(6)25-15-26-37(7)27-16-28-38(8)29-30-41-31-42(44)39(9)40(10)43(41)45/h31-38,44-45H,11-30H2,1-10H3. The highest BCUT2D eigenvalue weighted by Gasteiger charge is 2.14. The fourth-order valence-electron chi connectivity index (χ4n) is 7.36. The second-order valence-electron chi connectivity index (χ2n) is 16.8. The van der Waals surface area contributed by atoms with Crippen molar-refractivity contribution in [3.63, 3.8) is 0 Å². The summed E-state index contributed by atoms with van der Waals surface area (Å²) >= 11 is 0. The van der Waals surface area contributed by atoms with Crippen LogP contribution in [0.5, 0.6) is 11.5 Å². The van der Waals surface area contributed by atoms with Crippen LogP contribution in [-0.4, -0.2) is 10.2 Å². The van der Waals surface area contributed by atoms with Crippen molar-refractivity contribution >= 4 is 0 Å². The molecule has 264 valence electrons. The van der Waals surface area contributed by atoms with Crippen LogP contribution in [0.15, 0.2) is 6.07 Å². The number of benzene rings is 1. The maximum absolute atomic E-state index is 10.5. The van der Waals surface area contributed by atoms with Gasteiger partial charge in [-0.25, -0.2) is 0 Å². The summed E-state index contributed by atoms with van der Waals surface area (Å²) in [6, 6.07) is 1.76. The number of hydrogen-bond acceptors (Lipinski definition) is 2. The van der Waals surface area contributed by atoms with Crippen LogP contribution < -0.4 is 0 Å². The molecule has 0 aliphatic carbocycles. The molecule has 2 heteroatoms. The molecule has 2 N–H and O–H groups in total. The topological polar surface area (TPSA) is 40.5 Å². The molecule has 6 unspecified atom stereocenters. The lowest BCUT2D eigenvalue weighted by Gasteiger charge is -2.18. The van der Waals surface area contributed by atoms with Crippen molar-refractivity contribution in [2.45, 2.75) is 198 Å². The number of rotatable bonds is 27. The lowest BCUT2D eigenvalue weighted by atomic mass is 9.88.